The van der Waals surface area contributed by atoms with E-state index in [1.165, 1.54) is 0 Å². The minimum Gasteiger partial charge on any atom is -0.481 e. The first kappa shape index (κ1) is 16.8. The first-order chi connectivity index (χ1) is 7.43. The van der Waals surface area contributed by atoms with Crippen LogP contribution in [0.5, 0.6) is 0 Å². The molecule has 0 saturated heterocycles. The van der Waals surface area contributed by atoms with Gasteiger partial charge in [-0.3, -0.25) is 14.4 Å². The van der Waals surface area contributed by atoms with Gasteiger partial charge in [-0.05, 0) is 13.8 Å². The van der Waals surface area contributed by atoms with Gasteiger partial charge < -0.3 is 14.6 Å². The van der Waals surface area contributed by atoms with Gasteiger partial charge in [-0.15, -0.1) is 0 Å². The monoisotopic (exact) mass is 234 g/mol. The van der Waals surface area contributed by atoms with Crippen LogP contribution in [0.1, 0.15) is 33.6 Å². The molecular formula is C10H18O6. The van der Waals surface area contributed by atoms with Crippen molar-refractivity contribution in [1.29, 1.82) is 0 Å². The molecule has 0 aliphatic rings. The lowest BCUT2D eigenvalue weighted by Gasteiger charge is -2.01. The van der Waals surface area contributed by atoms with Crippen molar-refractivity contribution in [3.8, 4) is 0 Å². The predicted octanol–water partition coefficient (Wildman–Crippen LogP) is 0.984. The molecule has 94 valence electrons. The second-order valence-electron chi connectivity index (χ2n) is 2.63. The van der Waals surface area contributed by atoms with Crippen LogP contribution >= 0.6 is 0 Å². The Hall–Kier alpha value is -1.59. The fourth-order valence-electron chi connectivity index (χ4n) is 0.670. The van der Waals surface area contributed by atoms with Crippen LogP contribution in [0.2, 0.25) is 0 Å². The highest BCUT2D eigenvalue weighted by atomic mass is 16.5. The molecule has 0 fully saturated rings. The van der Waals surface area contributed by atoms with Gasteiger partial charge in [0, 0.05) is 6.92 Å². The van der Waals surface area contributed by atoms with E-state index in [1.807, 2.05) is 0 Å². The van der Waals surface area contributed by atoms with E-state index < -0.39 is 5.97 Å². The topological polar surface area (TPSA) is 89.9 Å². The minimum atomic E-state index is -0.833. The number of carboxylic acids is 1. The molecule has 0 spiro atoms. The summed E-state index contributed by atoms with van der Waals surface area (Å²) in [5.74, 6) is -1.55. The van der Waals surface area contributed by atoms with Gasteiger partial charge in [-0.25, -0.2) is 0 Å². The van der Waals surface area contributed by atoms with Gasteiger partial charge in [-0.1, -0.05) is 0 Å². The third kappa shape index (κ3) is 18.2. The molecule has 0 heterocycles. The molecule has 0 bridgehead atoms. The number of ether oxygens (including phenoxy) is 2. The van der Waals surface area contributed by atoms with E-state index in [2.05, 4.69) is 9.47 Å². The lowest BCUT2D eigenvalue weighted by Crippen LogP contribution is -2.09. The lowest BCUT2D eigenvalue weighted by molar-refractivity contribution is -0.149. The summed E-state index contributed by atoms with van der Waals surface area (Å²) in [4.78, 5) is 30.4. The number of hydrogen-bond acceptors (Lipinski definition) is 5. The van der Waals surface area contributed by atoms with Gasteiger partial charge in [0.15, 0.2) is 0 Å². The van der Waals surface area contributed by atoms with E-state index in [0.717, 1.165) is 6.92 Å². The zero-order chi connectivity index (χ0) is 13.0. The zero-order valence-corrected chi connectivity index (χ0v) is 9.82. The fraction of sp³-hybridized carbons (Fsp3) is 0.700. The molecule has 0 rings (SSSR count). The number of carbonyl (C=O) groups is 3. The van der Waals surface area contributed by atoms with Crippen molar-refractivity contribution >= 4 is 17.9 Å². The Bertz CT molecular complexity index is 201. The number of rotatable bonds is 5. The molecule has 0 saturated carbocycles. The third-order valence-electron chi connectivity index (χ3n) is 1.14. The highest BCUT2D eigenvalue weighted by Crippen LogP contribution is 1.95. The average molecular weight is 234 g/mol. The van der Waals surface area contributed by atoms with Crippen LogP contribution in [0.3, 0.4) is 0 Å². The molecule has 0 aromatic carbocycles. The molecule has 0 aliphatic heterocycles. The summed E-state index contributed by atoms with van der Waals surface area (Å²) in [6.45, 7) is 5.23. The number of esters is 2. The van der Waals surface area contributed by atoms with Gasteiger partial charge in [0.2, 0.25) is 0 Å². The maximum atomic E-state index is 10.7. The normalized spacial score (nSPS) is 8.44. The average Bonchev–Trinajstić information content (AvgIpc) is 2.15. The van der Waals surface area contributed by atoms with Crippen LogP contribution in [-0.2, 0) is 23.9 Å². The van der Waals surface area contributed by atoms with Gasteiger partial charge in [0.1, 0.15) is 0 Å². The molecule has 6 nitrogen and oxygen atoms in total. The summed E-state index contributed by atoms with van der Waals surface area (Å²) in [5.41, 5.74) is 0. The number of hydrogen-bond donors (Lipinski definition) is 1. The Morgan fingerprint density at radius 1 is 0.938 bits per heavy atom. The van der Waals surface area contributed by atoms with Crippen molar-refractivity contribution in [3.63, 3.8) is 0 Å². The van der Waals surface area contributed by atoms with Gasteiger partial charge in [0.05, 0.1) is 26.1 Å². The fourth-order valence-corrected chi connectivity index (χ4v) is 0.670. The molecule has 6 heteroatoms. The molecule has 0 radical (unpaired) electrons. The summed E-state index contributed by atoms with van der Waals surface area (Å²) in [5, 5.41) is 7.42. The first-order valence-electron chi connectivity index (χ1n) is 4.94. The van der Waals surface area contributed by atoms with Crippen LogP contribution < -0.4 is 0 Å². The molecule has 0 atom stereocenters. The number of carbonyl (C=O) groups excluding carboxylic acids is 2. The van der Waals surface area contributed by atoms with E-state index in [0.29, 0.717) is 13.2 Å². The molecule has 1 N–H and O–H groups in total. The smallest absolute Gasteiger partial charge is 0.306 e. The molecule has 0 aromatic heterocycles. The van der Waals surface area contributed by atoms with Crippen molar-refractivity contribution in [3.05, 3.63) is 0 Å². The molecule has 0 unspecified atom stereocenters. The second-order valence-corrected chi connectivity index (χ2v) is 2.63. The van der Waals surface area contributed by atoms with E-state index in [-0.39, 0.29) is 24.8 Å². The molecule has 0 amide bonds. The van der Waals surface area contributed by atoms with Crippen molar-refractivity contribution in [1.82, 2.24) is 0 Å². The van der Waals surface area contributed by atoms with Crippen LogP contribution in [0.25, 0.3) is 0 Å². The SMILES string of the molecule is CC(=O)O.CCOC(=O)CCC(=O)OCC. The highest BCUT2D eigenvalue weighted by Gasteiger charge is 2.06. The maximum Gasteiger partial charge on any atom is 0.306 e. The van der Waals surface area contributed by atoms with Crippen LogP contribution in [-0.4, -0.2) is 36.2 Å². The Morgan fingerprint density at radius 2 is 1.19 bits per heavy atom. The lowest BCUT2D eigenvalue weighted by atomic mass is 10.3. The van der Waals surface area contributed by atoms with Gasteiger partial charge >= 0.3 is 11.9 Å². The Balaban J connectivity index is 0. The van der Waals surface area contributed by atoms with Crippen molar-refractivity contribution in [2.45, 2.75) is 33.6 Å². The van der Waals surface area contributed by atoms with E-state index in [1.54, 1.807) is 13.8 Å². The summed E-state index contributed by atoms with van der Waals surface area (Å²) in [6.07, 6.45) is 0.208. The van der Waals surface area contributed by atoms with Crippen molar-refractivity contribution in [2.24, 2.45) is 0 Å². The highest BCUT2D eigenvalue weighted by molar-refractivity contribution is 5.77. The maximum absolute atomic E-state index is 10.7. The predicted molar refractivity (Wildman–Crippen MR) is 55.8 cm³/mol. The van der Waals surface area contributed by atoms with E-state index in [4.69, 9.17) is 9.90 Å². The molecular weight excluding hydrogens is 216 g/mol. The minimum absolute atomic E-state index is 0.104. The largest absolute Gasteiger partial charge is 0.481 e. The first-order valence-corrected chi connectivity index (χ1v) is 4.94. The zero-order valence-electron chi connectivity index (χ0n) is 9.82. The molecule has 0 aromatic rings. The van der Waals surface area contributed by atoms with E-state index >= 15 is 0 Å². The summed E-state index contributed by atoms with van der Waals surface area (Å²) >= 11 is 0. The van der Waals surface area contributed by atoms with Crippen molar-refractivity contribution < 1.29 is 29.0 Å². The Labute approximate surface area is 94.5 Å². The number of aliphatic carboxylic acids is 1. The van der Waals surface area contributed by atoms with Crippen LogP contribution in [0.4, 0.5) is 0 Å². The standard InChI is InChI=1S/C8H14O4.C2H4O2/c1-3-11-7(9)5-6-8(10)12-4-2;1-2(3)4/h3-6H2,1-2H3;1H3,(H,3,4). The molecule has 0 aliphatic carbocycles. The van der Waals surface area contributed by atoms with Crippen molar-refractivity contribution in [2.75, 3.05) is 13.2 Å². The molecule has 16 heavy (non-hydrogen) atoms. The van der Waals surface area contributed by atoms with Gasteiger partial charge in [0.25, 0.3) is 5.97 Å². The third-order valence-corrected chi connectivity index (χ3v) is 1.14. The number of carboxylic acid groups (broad SMARTS) is 1. The summed E-state index contributed by atoms with van der Waals surface area (Å²) in [7, 11) is 0. The van der Waals surface area contributed by atoms with Crippen LogP contribution in [0, 0.1) is 0 Å². The van der Waals surface area contributed by atoms with Gasteiger partial charge in [-0.2, -0.15) is 0 Å². The van der Waals surface area contributed by atoms with E-state index in [9.17, 15) is 9.59 Å². The Morgan fingerprint density at radius 3 is 1.38 bits per heavy atom. The Kier molecular flexibility index (Phi) is 12.1. The second kappa shape index (κ2) is 11.5. The summed E-state index contributed by atoms with van der Waals surface area (Å²) < 4.78 is 9.25. The van der Waals surface area contributed by atoms with Crippen LogP contribution in [0.15, 0.2) is 0 Å². The quantitative estimate of drug-likeness (QED) is 0.713. The summed E-state index contributed by atoms with van der Waals surface area (Å²) in [6, 6.07) is 0.